The van der Waals surface area contributed by atoms with Gasteiger partial charge in [0, 0.05) is 13.1 Å². The summed E-state index contributed by atoms with van der Waals surface area (Å²) in [5.41, 5.74) is -0.694. The van der Waals surface area contributed by atoms with Crippen molar-refractivity contribution in [3.8, 4) is 0 Å². The highest BCUT2D eigenvalue weighted by Crippen LogP contribution is 2.35. The fraction of sp³-hybridized carbons (Fsp3) is 0.235. The molecule has 0 unspecified atom stereocenters. The Morgan fingerprint density at radius 2 is 2.00 bits per heavy atom. The van der Waals surface area contributed by atoms with Gasteiger partial charge in [-0.05, 0) is 42.8 Å². The average molecular weight is 358 g/mol. The summed E-state index contributed by atoms with van der Waals surface area (Å²) in [5, 5.41) is -0.378. The van der Waals surface area contributed by atoms with E-state index in [1.165, 1.54) is 23.1 Å². The first-order chi connectivity index (χ1) is 11.2. The van der Waals surface area contributed by atoms with Gasteiger partial charge in [0.15, 0.2) is 0 Å². The van der Waals surface area contributed by atoms with Gasteiger partial charge in [-0.2, -0.15) is 13.2 Å². The molecule has 0 N–H and O–H groups in total. The molecule has 0 saturated carbocycles. The third kappa shape index (κ3) is 4.64. The lowest BCUT2D eigenvalue weighted by atomic mass is 10.1. The number of hydrogen-bond donors (Lipinski definition) is 0. The zero-order valence-electron chi connectivity index (χ0n) is 13.0. The molecule has 1 amide bonds. The fourth-order valence-corrected chi connectivity index (χ4v) is 2.27. The number of carbonyl (C=O) groups is 1. The van der Waals surface area contributed by atoms with E-state index in [0.717, 1.165) is 17.9 Å². The number of furan rings is 1. The monoisotopic (exact) mass is 357 g/mol. The minimum absolute atomic E-state index is 0.238. The van der Waals surface area contributed by atoms with E-state index in [-0.39, 0.29) is 23.0 Å². The van der Waals surface area contributed by atoms with Gasteiger partial charge in [-0.3, -0.25) is 4.79 Å². The molecule has 1 heterocycles. The van der Waals surface area contributed by atoms with Crippen LogP contribution in [0.5, 0.6) is 0 Å². The van der Waals surface area contributed by atoms with E-state index >= 15 is 0 Å². The molecule has 3 nitrogen and oxygen atoms in total. The number of hydrogen-bond acceptors (Lipinski definition) is 2. The van der Waals surface area contributed by atoms with Crippen LogP contribution in [0.3, 0.4) is 0 Å². The molecule has 0 atom stereocenters. The molecule has 0 aliphatic carbocycles. The van der Waals surface area contributed by atoms with Crippen LogP contribution in [0.25, 0.3) is 6.08 Å². The van der Waals surface area contributed by atoms with Gasteiger partial charge < -0.3 is 9.32 Å². The highest BCUT2D eigenvalue weighted by atomic mass is 35.5. The molecule has 0 aliphatic heterocycles. The van der Waals surface area contributed by atoms with Crippen LogP contribution >= 0.6 is 11.6 Å². The van der Waals surface area contributed by atoms with E-state index in [2.05, 4.69) is 0 Å². The van der Waals surface area contributed by atoms with Gasteiger partial charge in [-0.1, -0.05) is 17.7 Å². The second-order valence-corrected chi connectivity index (χ2v) is 5.68. The lowest BCUT2D eigenvalue weighted by molar-refractivity contribution is -0.137. The molecule has 0 spiro atoms. The van der Waals surface area contributed by atoms with Crippen LogP contribution in [0.1, 0.15) is 22.6 Å². The van der Waals surface area contributed by atoms with Gasteiger partial charge in [0.25, 0.3) is 0 Å². The molecule has 24 heavy (non-hydrogen) atoms. The Kier molecular flexibility index (Phi) is 5.39. The van der Waals surface area contributed by atoms with Crippen molar-refractivity contribution < 1.29 is 22.4 Å². The molecule has 1 aromatic heterocycles. The Balaban J connectivity index is 2.08. The number of aryl methyl sites for hydroxylation is 1. The summed E-state index contributed by atoms with van der Waals surface area (Å²) >= 11 is 5.56. The van der Waals surface area contributed by atoms with Crippen LogP contribution in [0.4, 0.5) is 13.2 Å². The third-order valence-corrected chi connectivity index (χ3v) is 3.61. The summed E-state index contributed by atoms with van der Waals surface area (Å²) in [4.78, 5) is 13.4. The normalized spacial score (nSPS) is 11.9. The first kappa shape index (κ1) is 18.1. The second kappa shape index (κ2) is 7.13. The average Bonchev–Trinajstić information content (AvgIpc) is 2.90. The highest BCUT2D eigenvalue weighted by molar-refractivity contribution is 6.31. The van der Waals surface area contributed by atoms with Crippen molar-refractivity contribution in [1.29, 1.82) is 0 Å². The van der Waals surface area contributed by atoms with E-state index in [0.29, 0.717) is 5.76 Å². The maximum absolute atomic E-state index is 12.8. The van der Waals surface area contributed by atoms with Crippen LogP contribution in [-0.2, 0) is 17.5 Å². The minimum Gasteiger partial charge on any atom is -0.464 e. The standard InChI is InChI=1S/C17H15ClF3NO2/c1-11-3-6-13(24-11)10-22(2)16(23)8-5-12-4-7-15(18)14(9-12)17(19,20)21/h3-9H,10H2,1-2H3. The molecule has 2 rings (SSSR count). The SMILES string of the molecule is Cc1ccc(CN(C)C(=O)C=Cc2ccc(Cl)c(C(F)(F)F)c2)o1. The third-order valence-electron chi connectivity index (χ3n) is 3.28. The number of carbonyl (C=O) groups excluding carboxylic acids is 1. The smallest absolute Gasteiger partial charge is 0.417 e. The molecule has 0 radical (unpaired) electrons. The summed E-state index contributed by atoms with van der Waals surface area (Å²) in [7, 11) is 1.58. The molecule has 0 bridgehead atoms. The predicted molar refractivity (Wildman–Crippen MR) is 85.4 cm³/mol. The van der Waals surface area contributed by atoms with Gasteiger partial charge in [-0.15, -0.1) is 0 Å². The molecule has 0 fully saturated rings. The van der Waals surface area contributed by atoms with Crippen LogP contribution < -0.4 is 0 Å². The molecule has 1 aromatic carbocycles. The van der Waals surface area contributed by atoms with Crippen molar-refractivity contribution in [3.05, 3.63) is 64.1 Å². The summed E-state index contributed by atoms with van der Waals surface area (Å²) in [6.45, 7) is 2.06. The van der Waals surface area contributed by atoms with Crippen LogP contribution in [-0.4, -0.2) is 17.9 Å². The van der Waals surface area contributed by atoms with Gasteiger partial charge >= 0.3 is 6.18 Å². The van der Waals surface area contributed by atoms with E-state index in [9.17, 15) is 18.0 Å². The zero-order valence-corrected chi connectivity index (χ0v) is 13.8. The first-order valence-corrected chi connectivity index (χ1v) is 7.40. The zero-order chi connectivity index (χ0) is 17.9. The lowest BCUT2D eigenvalue weighted by Crippen LogP contribution is -2.23. The van der Waals surface area contributed by atoms with E-state index < -0.39 is 11.7 Å². The predicted octanol–water partition coefficient (Wildman–Crippen LogP) is 4.93. The van der Waals surface area contributed by atoms with Crippen LogP contribution in [0.15, 0.2) is 40.8 Å². The number of amides is 1. The van der Waals surface area contributed by atoms with E-state index in [1.54, 1.807) is 26.1 Å². The highest BCUT2D eigenvalue weighted by Gasteiger charge is 2.33. The van der Waals surface area contributed by atoms with Crippen LogP contribution in [0.2, 0.25) is 5.02 Å². The molecule has 0 aliphatic rings. The topological polar surface area (TPSA) is 33.5 Å². The van der Waals surface area contributed by atoms with Crippen molar-refractivity contribution in [2.45, 2.75) is 19.6 Å². The van der Waals surface area contributed by atoms with Crippen molar-refractivity contribution in [2.24, 2.45) is 0 Å². The lowest BCUT2D eigenvalue weighted by Gasteiger charge is -2.13. The minimum atomic E-state index is -4.54. The number of nitrogens with zero attached hydrogens (tertiary/aromatic N) is 1. The van der Waals surface area contributed by atoms with Gasteiger partial charge in [-0.25, -0.2) is 0 Å². The molecular formula is C17H15ClF3NO2. The summed E-state index contributed by atoms with van der Waals surface area (Å²) in [6.07, 6.45) is -2.02. The summed E-state index contributed by atoms with van der Waals surface area (Å²) in [5.74, 6) is 1.01. The molecule has 7 heteroatoms. The Morgan fingerprint density at radius 3 is 2.58 bits per heavy atom. The van der Waals surface area contributed by atoms with Crippen molar-refractivity contribution in [1.82, 2.24) is 4.90 Å². The maximum atomic E-state index is 12.8. The quantitative estimate of drug-likeness (QED) is 0.727. The van der Waals surface area contributed by atoms with Crippen molar-refractivity contribution >= 4 is 23.6 Å². The van der Waals surface area contributed by atoms with Gasteiger partial charge in [0.2, 0.25) is 5.91 Å². The summed E-state index contributed by atoms with van der Waals surface area (Å²) < 4.78 is 43.8. The fourth-order valence-electron chi connectivity index (χ4n) is 2.04. The molecule has 128 valence electrons. The number of benzene rings is 1. The van der Waals surface area contributed by atoms with Gasteiger partial charge in [0.1, 0.15) is 11.5 Å². The van der Waals surface area contributed by atoms with E-state index in [4.69, 9.17) is 16.0 Å². The molecule has 2 aromatic rings. The Labute approximate surface area is 142 Å². The van der Waals surface area contributed by atoms with E-state index in [1.807, 2.05) is 0 Å². The Hall–Kier alpha value is -2.21. The second-order valence-electron chi connectivity index (χ2n) is 5.28. The van der Waals surface area contributed by atoms with Crippen LogP contribution in [0, 0.1) is 6.92 Å². The molecular weight excluding hydrogens is 343 g/mol. The van der Waals surface area contributed by atoms with Crippen molar-refractivity contribution in [3.63, 3.8) is 0 Å². The number of halogens is 4. The maximum Gasteiger partial charge on any atom is 0.417 e. The Bertz CT molecular complexity index is 765. The van der Waals surface area contributed by atoms with Crippen molar-refractivity contribution in [2.75, 3.05) is 7.05 Å². The summed E-state index contributed by atoms with van der Waals surface area (Å²) in [6, 6.07) is 7.02. The Morgan fingerprint density at radius 1 is 1.29 bits per heavy atom. The largest absolute Gasteiger partial charge is 0.464 e. The first-order valence-electron chi connectivity index (χ1n) is 7.02. The van der Waals surface area contributed by atoms with Gasteiger partial charge in [0.05, 0.1) is 17.1 Å². The molecule has 0 saturated heterocycles. The number of alkyl halides is 3. The number of rotatable bonds is 4. The number of likely N-dealkylation sites (N-methyl/N-ethyl adjacent to an activating group) is 1.